The summed E-state index contributed by atoms with van der Waals surface area (Å²) in [5, 5.41) is 0. The Bertz CT molecular complexity index is 314. The molecule has 0 unspecified atom stereocenters. The van der Waals surface area contributed by atoms with Crippen LogP contribution >= 0.6 is 0 Å². The molecule has 0 heterocycles. The van der Waals surface area contributed by atoms with Gasteiger partial charge in [-0.2, -0.15) is 0 Å². The van der Waals surface area contributed by atoms with Crippen molar-refractivity contribution in [1.82, 2.24) is 0 Å². The van der Waals surface area contributed by atoms with Crippen LogP contribution in [0, 0.1) is 0 Å². The van der Waals surface area contributed by atoms with Crippen LogP contribution in [0.3, 0.4) is 0 Å². The molecule has 0 saturated carbocycles. The van der Waals surface area contributed by atoms with Gasteiger partial charge in [-0.3, -0.25) is 4.79 Å². The number of ether oxygens (including phenoxy) is 2. The summed E-state index contributed by atoms with van der Waals surface area (Å²) in [7, 11) is 0. The van der Waals surface area contributed by atoms with E-state index < -0.39 is 0 Å². The van der Waals surface area contributed by atoms with E-state index in [2.05, 4.69) is 0 Å². The molecule has 82 valence electrons. The van der Waals surface area contributed by atoms with Gasteiger partial charge in [-0.15, -0.1) is 0 Å². The first kappa shape index (κ1) is 11.7. The highest BCUT2D eigenvalue weighted by Crippen LogP contribution is 2.13. The highest BCUT2D eigenvalue weighted by atomic mass is 16.5. The predicted octanol–water partition coefficient (Wildman–Crippen LogP) is 2.54. The molecular formula is C12H16O3. The smallest absolute Gasteiger partial charge is 0.308 e. The van der Waals surface area contributed by atoms with E-state index in [4.69, 9.17) is 9.47 Å². The molecule has 0 spiro atoms. The van der Waals surface area contributed by atoms with E-state index in [1.165, 1.54) is 6.92 Å². The van der Waals surface area contributed by atoms with E-state index in [9.17, 15) is 4.79 Å². The average molecular weight is 208 g/mol. The molecule has 0 amide bonds. The molecule has 0 fully saturated rings. The molecule has 0 aliphatic rings. The fourth-order valence-corrected chi connectivity index (χ4v) is 1.08. The number of carbonyl (C=O) groups excluding carboxylic acids is 1. The molecule has 0 saturated heterocycles. The summed E-state index contributed by atoms with van der Waals surface area (Å²) in [4.78, 5) is 10.7. The quantitative estimate of drug-likeness (QED) is 0.563. The van der Waals surface area contributed by atoms with Gasteiger partial charge in [0.25, 0.3) is 0 Å². The van der Waals surface area contributed by atoms with E-state index in [0.717, 1.165) is 5.56 Å². The molecule has 1 aromatic rings. The normalized spacial score (nSPS) is 10.4. The lowest BCUT2D eigenvalue weighted by Gasteiger charge is -2.07. The molecule has 15 heavy (non-hydrogen) atoms. The fraction of sp³-hybridized carbons (Fsp3) is 0.417. The zero-order valence-electron chi connectivity index (χ0n) is 9.32. The summed E-state index contributed by atoms with van der Waals surface area (Å²) in [5.74, 6) is 0.261. The van der Waals surface area contributed by atoms with Crippen LogP contribution < -0.4 is 4.74 Å². The Hall–Kier alpha value is -1.35. The van der Waals surface area contributed by atoms with Crippen molar-refractivity contribution in [3.8, 4) is 5.75 Å². The molecule has 1 aromatic carbocycles. The number of rotatable bonds is 4. The van der Waals surface area contributed by atoms with Crippen molar-refractivity contribution >= 4 is 5.97 Å². The molecule has 0 radical (unpaired) electrons. The fourth-order valence-electron chi connectivity index (χ4n) is 1.08. The van der Waals surface area contributed by atoms with Gasteiger partial charge in [0.05, 0.1) is 12.7 Å². The SMILES string of the molecule is CC(=O)Oc1ccc(COC(C)C)cc1. The number of benzene rings is 1. The molecule has 0 aliphatic heterocycles. The summed E-state index contributed by atoms with van der Waals surface area (Å²) in [5.41, 5.74) is 1.07. The van der Waals surface area contributed by atoms with E-state index in [1.54, 1.807) is 12.1 Å². The van der Waals surface area contributed by atoms with Crippen molar-refractivity contribution in [3.05, 3.63) is 29.8 Å². The zero-order valence-corrected chi connectivity index (χ0v) is 9.32. The van der Waals surface area contributed by atoms with Crippen molar-refractivity contribution in [2.75, 3.05) is 0 Å². The van der Waals surface area contributed by atoms with Gasteiger partial charge < -0.3 is 9.47 Å². The number of hydrogen-bond acceptors (Lipinski definition) is 3. The lowest BCUT2D eigenvalue weighted by Crippen LogP contribution is -2.03. The second kappa shape index (κ2) is 5.51. The third-order valence-corrected chi connectivity index (χ3v) is 1.77. The van der Waals surface area contributed by atoms with Crippen molar-refractivity contribution in [1.29, 1.82) is 0 Å². The van der Waals surface area contributed by atoms with E-state index in [1.807, 2.05) is 26.0 Å². The van der Waals surface area contributed by atoms with E-state index >= 15 is 0 Å². The van der Waals surface area contributed by atoms with E-state index in [0.29, 0.717) is 12.4 Å². The molecular weight excluding hydrogens is 192 g/mol. The number of hydrogen-bond donors (Lipinski definition) is 0. The van der Waals surface area contributed by atoms with Crippen LogP contribution in [-0.2, 0) is 16.1 Å². The van der Waals surface area contributed by atoms with Gasteiger partial charge in [0.1, 0.15) is 5.75 Å². The zero-order chi connectivity index (χ0) is 11.3. The van der Waals surface area contributed by atoms with Crippen LogP contribution in [0.4, 0.5) is 0 Å². The summed E-state index contributed by atoms with van der Waals surface area (Å²) in [6, 6.07) is 7.31. The molecule has 3 heteroatoms. The van der Waals surface area contributed by atoms with Gasteiger partial charge in [-0.1, -0.05) is 12.1 Å². The predicted molar refractivity (Wildman–Crippen MR) is 57.7 cm³/mol. The topological polar surface area (TPSA) is 35.5 Å². The second-order valence-electron chi connectivity index (χ2n) is 3.60. The third kappa shape index (κ3) is 4.61. The first-order chi connectivity index (χ1) is 7.08. The minimum Gasteiger partial charge on any atom is -0.427 e. The minimum absolute atomic E-state index is 0.221. The minimum atomic E-state index is -0.304. The van der Waals surface area contributed by atoms with Gasteiger partial charge in [0.2, 0.25) is 0 Å². The third-order valence-electron chi connectivity index (χ3n) is 1.77. The second-order valence-corrected chi connectivity index (χ2v) is 3.60. The van der Waals surface area contributed by atoms with Crippen LogP contribution in [0.25, 0.3) is 0 Å². The van der Waals surface area contributed by atoms with Crippen LogP contribution in [-0.4, -0.2) is 12.1 Å². The van der Waals surface area contributed by atoms with Crippen LogP contribution in [0.2, 0.25) is 0 Å². The summed E-state index contributed by atoms with van der Waals surface area (Å²) < 4.78 is 10.4. The Balaban J connectivity index is 2.52. The summed E-state index contributed by atoms with van der Waals surface area (Å²) in [6.07, 6.45) is 0.221. The van der Waals surface area contributed by atoms with Crippen molar-refractivity contribution in [3.63, 3.8) is 0 Å². The van der Waals surface area contributed by atoms with Gasteiger partial charge >= 0.3 is 5.97 Å². The molecule has 3 nitrogen and oxygen atoms in total. The lowest BCUT2D eigenvalue weighted by molar-refractivity contribution is -0.131. The molecule has 1 rings (SSSR count). The average Bonchev–Trinajstić information content (AvgIpc) is 2.16. The van der Waals surface area contributed by atoms with Crippen LogP contribution in [0.1, 0.15) is 26.3 Å². The standard InChI is InChI=1S/C12H16O3/c1-9(2)14-8-11-4-6-12(7-5-11)15-10(3)13/h4-7,9H,8H2,1-3H3. The Morgan fingerprint density at radius 1 is 1.27 bits per heavy atom. The molecule has 0 aromatic heterocycles. The maximum Gasteiger partial charge on any atom is 0.308 e. The van der Waals surface area contributed by atoms with Gasteiger partial charge in [0.15, 0.2) is 0 Å². The highest BCUT2D eigenvalue weighted by Gasteiger charge is 1.99. The first-order valence-electron chi connectivity index (χ1n) is 4.97. The number of carbonyl (C=O) groups is 1. The van der Waals surface area contributed by atoms with Crippen molar-refractivity contribution < 1.29 is 14.3 Å². The first-order valence-corrected chi connectivity index (χ1v) is 4.97. The number of esters is 1. The van der Waals surface area contributed by atoms with Gasteiger partial charge in [-0.25, -0.2) is 0 Å². The Morgan fingerprint density at radius 2 is 1.87 bits per heavy atom. The maximum absolute atomic E-state index is 10.7. The highest BCUT2D eigenvalue weighted by molar-refractivity contribution is 5.69. The maximum atomic E-state index is 10.7. The molecule has 0 aliphatic carbocycles. The van der Waals surface area contributed by atoms with Gasteiger partial charge in [0, 0.05) is 6.92 Å². The van der Waals surface area contributed by atoms with Crippen LogP contribution in [0.5, 0.6) is 5.75 Å². The van der Waals surface area contributed by atoms with E-state index in [-0.39, 0.29) is 12.1 Å². The van der Waals surface area contributed by atoms with Crippen molar-refractivity contribution in [2.24, 2.45) is 0 Å². The van der Waals surface area contributed by atoms with Crippen LogP contribution in [0.15, 0.2) is 24.3 Å². The Labute approximate surface area is 90.0 Å². The molecule has 0 N–H and O–H groups in total. The largest absolute Gasteiger partial charge is 0.427 e. The van der Waals surface area contributed by atoms with Crippen molar-refractivity contribution in [2.45, 2.75) is 33.5 Å². The monoisotopic (exact) mass is 208 g/mol. The lowest BCUT2D eigenvalue weighted by atomic mass is 10.2. The summed E-state index contributed by atoms with van der Waals surface area (Å²) in [6.45, 7) is 5.95. The van der Waals surface area contributed by atoms with Gasteiger partial charge in [-0.05, 0) is 31.5 Å². The Kier molecular flexibility index (Phi) is 4.31. The molecule has 0 atom stereocenters. The Morgan fingerprint density at radius 3 is 2.33 bits per heavy atom. The summed E-state index contributed by atoms with van der Waals surface area (Å²) >= 11 is 0. The molecule has 0 bridgehead atoms.